The van der Waals surface area contributed by atoms with Crippen molar-refractivity contribution in [2.24, 2.45) is 5.14 Å². The van der Waals surface area contributed by atoms with Gasteiger partial charge in [0.1, 0.15) is 0 Å². The summed E-state index contributed by atoms with van der Waals surface area (Å²) in [7, 11) is -13.0. The highest BCUT2D eigenvalue weighted by molar-refractivity contribution is 7.93. The summed E-state index contributed by atoms with van der Waals surface area (Å²) in [4.78, 5) is 0.0352. The Hall–Kier alpha value is -2.28. The minimum absolute atomic E-state index is 0.0352. The van der Waals surface area contributed by atoms with Crippen LogP contribution in [0.5, 0.6) is 0 Å². The van der Waals surface area contributed by atoms with Gasteiger partial charge in [-0.2, -0.15) is 4.57 Å². The van der Waals surface area contributed by atoms with Crippen LogP contribution < -0.4 is 33.1 Å². The molecular weight excluding hydrogens is 618 g/mol. The van der Waals surface area contributed by atoms with E-state index in [0.29, 0.717) is 11.3 Å². The number of aryl methyl sites for hydroxylation is 2. The van der Waals surface area contributed by atoms with Gasteiger partial charge in [0, 0.05) is 37.1 Å². The second-order valence-corrected chi connectivity index (χ2v) is 14.7. The minimum Gasteiger partial charge on any atom is -0.253 e. The van der Waals surface area contributed by atoms with E-state index in [0.717, 1.165) is 18.5 Å². The van der Waals surface area contributed by atoms with Gasteiger partial charge in [-0.05, 0) is 43.9 Å². The number of aromatic nitrogens is 3. The van der Waals surface area contributed by atoms with Crippen molar-refractivity contribution in [1.29, 1.82) is 0 Å². The maximum Gasteiger partial charge on any atom is 0.267 e. The van der Waals surface area contributed by atoms with Crippen LogP contribution in [0.2, 0.25) is 0 Å². The molecule has 226 valence electrons. The fourth-order valence-corrected chi connectivity index (χ4v) is 7.24. The summed E-state index contributed by atoms with van der Waals surface area (Å²) in [5, 5.41) is 11.9. The second kappa shape index (κ2) is 13.8. The number of pyridine rings is 1. The molecule has 1 aromatic carbocycles. The Labute approximate surface area is 245 Å². The van der Waals surface area contributed by atoms with Crippen molar-refractivity contribution in [3.8, 4) is 5.69 Å². The van der Waals surface area contributed by atoms with Crippen LogP contribution in [0.25, 0.3) is 5.69 Å². The smallest absolute Gasteiger partial charge is 0.253 e. The lowest BCUT2D eigenvalue weighted by Crippen LogP contribution is -2.68. The number of nitrogens with one attached hydrogen (secondary N) is 1. The van der Waals surface area contributed by atoms with E-state index in [2.05, 4.69) is 39.4 Å². The molecule has 0 radical (unpaired) electrons. The molecule has 1 aliphatic rings. The molecule has 0 spiro atoms. The molecule has 17 heteroatoms. The van der Waals surface area contributed by atoms with Crippen molar-refractivity contribution in [3.63, 3.8) is 0 Å². The second-order valence-electron chi connectivity index (χ2n) is 9.57. The molecule has 13 nitrogen and oxygen atoms in total. The number of anilines is 1. The van der Waals surface area contributed by atoms with E-state index >= 15 is 0 Å². The molecule has 0 unspecified atom stereocenters. The van der Waals surface area contributed by atoms with Gasteiger partial charge in [-0.25, -0.2) is 40.6 Å². The van der Waals surface area contributed by atoms with Gasteiger partial charge in [-0.1, -0.05) is 43.4 Å². The van der Waals surface area contributed by atoms with Gasteiger partial charge in [0.15, 0.2) is 11.4 Å². The molecule has 0 saturated heterocycles. The monoisotopic (exact) mass is 649 g/mol. The van der Waals surface area contributed by atoms with E-state index in [9.17, 15) is 16.8 Å². The lowest BCUT2D eigenvalue weighted by molar-refractivity contribution is -2.00. The first-order chi connectivity index (χ1) is 19.1. The van der Waals surface area contributed by atoms with Crippen molar-refractivity contribution in [3.05, 3.63) is 52.8 Å². The topological polar surface area (TPSA) is 228 Å². The van der Waals surface area contributed by atoms with Crippen LogP contribution >= 0.6 is 11.3 Å². The molecule has 41 heavy (non-hydrogen) atoms. The molecule has 4 rings (SSSR count). The molecule has 2 aromatic heterocycles. The highest BCUT2D eigenvalue weighted by Crippen LogP contribution is 2.24. The van der Waals surface area contributed by atoms with Gasteiger partial charge in [0.2, 0.25) is 15.2 Å². The molecule has 2 heterocycles. The number of nitrogens with zero attached hydrogens (tertiary/aromatic N) is 3. The van der Waals surface area contributed by atoms with Crippen LogP contribution in [0.15, 0.2) is 39.6 Å². The number of rotatable bonds is 5. The fraction of sp³-hybridized carbons (Fsp3) is 0.458. The number of fused-ring (bicyclic) bond motifs is 2. The van der Waals surface area contributed by atoms with Crippen LogP contribution in [0.1, 0.15) is 67.5 Å². The Balaban J connectivity index is 0.000000850. The number of benzene rings is 1. The first-order valence-electron chi connectivity index (χ1n) is 12.7. The summed E-state index contributed by atoms with van der Waals surface area (Å²) in [5.74, 6) is 0. The minimum atomic E-state index is -4.94. The quantitative estimate of drug-likeness (QED) is 0.319. The van der Waals surface area contributed by atoms with Crippen molar-refractivity contribution < 1.29 is 50.3 Å². The Kier molecular flexibility index (Phi) is 11.2. The molecule has 0 atom stereocenters. The van der Waals surface area contributed by atoms with Gasteiger partial charge in [-0.15, -0.1) is 20.4 Å². The molecular formula is C24H32ClN5O8S3. The highest BCUT2D eigenvalue weighted by atomic mass is 35.7. The number of primary sulfonamides is 1. The number of hydrogen-bond donors (Lipinski definition) is 2. The fourth-order valence-electron chi connectivity index (χ4n) is 4.68. The number of halogens is 1. The summed E-state index contributed by atoms with van der Waals surface area (Å²) in [6.45, 7) is 4.26. The largest absolute Gasteiger partial charge is 0.267 e. The molecule has 0 amide bonds. The zero-order chi connectivity index (χ0) is 30.4. The number of sulfonamides is 2. The van der Waals surface area contributed by atoms with E-state index in [-0.39, 0.29) is 10.0 Å². The lowest BCUT2D eigenvalue weighted by Gasteiger charge is -2.17. The summed E-state index contributed by atoms with van der Waals surface area (Å²) in [5.41, 5.74) is 5.93. The van der Waals surface area contributed by atoms with Crippen molar-refractivity contribution in [1.82, 2.24) is 10.2 Å². The maximum absolute atomic E-state index is 12.9. The van der Waals surface area contributed by atoms with E-state index in [4.69, 9.17) is 23.8 Å². The summed E-state index contributed by atoms with van der Waals surface area (Å²) in [6, 6.07) is 9.03. The summed E-state index contributed by atoms with van der Waals surface area (Å²) < 4.78 is 86.5. The molecule has 0 fully saturated rings. The maximum atomic E-state index is 12.9. The average Bonchev–Trinajstić information content (AvgIpc) is 3.32. The van der Waals surface area contributed by atoms with Gasteiger partial charge in [0.05, 0.1) is 4.90 Å². The third kappa shape index (κ3) is 9.90. The predicted molar refractivity (Wildman–Crippen MR) is 139 cm³/mol. The van der Waals surface area contributed by atoms with E-state index in [1.54, 1.807) is 12.1 Å². The molecule has 1 aliphatic carbocycles. The Morgan fingerprint density at radius 2 is 1.29 bits per heavy atom. The third-order valence-corrected chi connectivity index (χ3v) is 10.3. The van der Waals surface area contributed by atoms with Gasteiger partial charge in [-0.3, -0.25) is 4.72 Å². The molecule has 2 bridgehead atoms. The van der Waals surface area contributed by atoms with Crippen molar-refractivity contribution in [2.45, 2.75) is 80.9 Å². The van der Waals surface area contributed by atoms with Crippen LogP contribution in [-0.4, -0.2) is 27.0 Å². The van der Waals surface area contributed by atoms with Gasteiger partial charge < -0.3 is 0 Å². The normalized spacial score (nSPS) is 15.2. The van der Waals surface area contributed by atoms with E-state index in [1.807, 2.05) is 0 Å². The zero-order valence-electron chi connectivity index (χ0n) is 22.5. The zero-order valence-corrected chi connectivity index (χ0v) is 25.7. The third-order valence-electron chi connectivity index (χ3n) is 6.62. The Morgan fingerprint density at radius 1 is 0.829 bits per heavy atom. The SMILES string of the molecule is Cc1c2cc(c(C)[n+]1-c1ccc(S(=O)(=O)Nc3nnc(S(N)(=O)=O)s3)cc1)CCCCCCCCC2.[O-][Cl+3]([O-])([O-])[O-]. The van der Waals surface area contributed by atoms with Crippen molar-refractivity contribution in [2.75, 3.05) is 4.72 Å². The molecule has 3 aromatic rings. The number of nitrogens with two attached hydrogens (primary N) is 1. The van der Waals surface area contributed by atoms with Gasteiger partial charge in [0.25, 0.3) is 20.0 Å². The van der Waals surface area contributed by atoms with Crippen LogP contribution in [0.4, 0.5) is 5.13 Å². The first-order valence-corrected chi connectivity index (χ1v) is 17.8. The van der Waals surface area contributed by atoms with Crippen molar-refractivity contribution >= 4 is 36.5 Å². The standard InChI is InChI=1S/C24H32N5O4S3.ClHO4/c1-17-19-10-8-6-4-3-5-7-9-11-20(16-19)18(2)29(17)21-12-14-22(15-13-21)36(32,33)28-23-26-27-24(34-23)35(25,30)31;2-1(3,4)5/h12-16H,3-11H2,1-2H3,(H,26,28)(H2,25,30,31);(H,2,3,4,5)/q+1;/p-1. The predicted octanol–water partition coefficient (Wildman–Crippen LogP) is -1.05. The average molecular weight is 650 g/mol. The van der Waals surface area contributed by atoms with Crippen LogP contribution in [0, 0.1) is 24.1 Å². The van der Waals surface area contributed by atoms with E-state index in [1.165, 1.54) is 79.6 Å². The van der Waals surface area contributed by atoms with Crippen LogP contribution in [-0.2, 0) is 32.9 Å². The van der Waals surface area contributed by atoms with E-state index < -0.39 is 34.6 Å². The lowest BCUT2D eigenvalue weighted by atomic mass is 9.96. The number of hydrogen-bond acceptors (Lipinski definition) is 11. The molecule has 0 aliphatic heterocycles. The summed E-state index contributed by atoms with van der Waals surface area (Å²) in [6.07, 6.45) is 10.8. The Bertz CT molecular complexity index is 1520. The summed E-state index contributed by atoms with van der Waals surface area (Å²) >= 11 is 0.557. The molecule has 3 N–H and O–H groups in total. The first kappa shape index (κ1) is 33.2. The van der Waals surface area contributed by atoms with Crippen LogP contribution in [0.3, 0.4) is 0 Å². The molecule has 0 saturated carbocycles. The van der Waals surface area contributed by atoms with Gasteiger partial charge >= 0.3 is 0 Å². The highest BCUT2D eigenvalue weighted by Gasteiger charge is 2.24. The Morgan fingerprint density at radius 3 is 1.73 bits per heavy atom.